The Morgan fingerprint density at radius 1 is 1.14 bits per heavy atom. The number of carbonyl (C=O) groups is 1. The van der Waals surface area contributed by atoms with Crippen LogP contribution in [-0.4, -0.2) is 24.7 Å². The van der Waals surface area contributed by atoms with Crippen LogP contribution >= 0.6 is 0 Å². The Morgan fingerprint density at radius 3 is 2.32 bits per heavy atom. The molecule has 22 heavy (non-hydrogen) atoms. The molecule has 2 rings (SSSR count). The van der Waals surface area contributed by atoms with Crippen molar-refractivity contribution in [3.8, 4) is 17.0 Å². The van der Waals surface area contributed by atoms with Gasteiger partial charge in [0, 0.05) is 23.5 Å². The summed E-state index contributed by atoms with van der Waals surface area (Å²) in [5, 5.41) is 0. The number of methoxy groups -OCH3 is 1. The second-order valence-electron chi connectivity index (χ2n) is 5.67. The van der Waals surface area contributed by atoms with Crippen molar-refractivity contribution >= 4 is 11.7 Å². The van der Waals surface area contributed by atoms with Gasteiger partial charge in [-0.2, -0.15) is 0 Å². The quantitative estimate of drug-likeness (QED) is 0.679. The lowest BCUT2D eigenvalue weighted by Crippen LogP contribution is -2.32. The second kappa shape index (κ2) is 6.47. The number of hydrogen-bond acceptors (Lipinski definition) is 5. The van der Waals surface area contributed by atoms with E-state index in [1.165, 1.54) is 7.11 Å². The summed E-state index contributed by atoms with van der Waals surface area (Å²) in [5.41, 5.74) is 7.68. The number of esters is 1. The summed E-state index contributed by atoms with van der Waals surface area (Å²) in [5.74, 6) is 0.155. The third-order valence-electron chi connectivity index (χ3n) is 3.30. The lowest BCUT2D eigenvalue weighted by Gasteiger charge is -2.21. The highest BCUT2D eigenvalue weighted by atomic mass is 16.5. The first-order valence-corrected chi connectivity index (χ1v) is 6.95. The number of benzene rings is 1. The summed E-state index contributed by atoms with van der Waals surface area (Å²) < 4.78 is 10.3. The molecule has 0 aliphatic heterocycles. The van der Waals surface area contributed by atoms with E-state index in [2.05, 4.69) is 4.98 Å². The van der Waals surface area contributed by atoms with E-state index in [4.69, 9.17) is 15.2 Å². The monoisotopic (exact) mass is 300 g/mol. The van der Waals surface area contributed by atoms with Crippen LogP contribution in [0.5, 0.6) is 5.88 Å². The van der Waals surface area contributed by atoms with Gasteiger partial charge in [0.1, 0.15) is 6.61 Å². The Morgan fingerprint density at radius 2 is 1.77 bits per heavy atom. The first kappa shape index (κ1) is 15.8. The molecule has 1 aromatic carbocycles. The van der Waals surface area contributed by atoms with Crippen LogP contribution in [0.2, 0.25) is 0 Å². The molecule has 1 heterocycles. The molecule has 5 nitrogen and oxygen atoms in total. The van der Waals surface area contributed by atoms with Gasteiger partial charge in [-0.05, 0) is 37.6 Å². The van der Waals surface area contributed by atoms with Crippen LogP contribution in [-0.2, 0) is 9.53 Å². The molecule has 0 radical (unpaired) electrons. The van der Waals surface area contributed by atoms with E-state index < -0.39 is 5.41 Å². The lowest BCUT2D eigenvalue weighted by atomic mass is 9.95. The molecule has 0 fully saturated rings. The van der Waals surface area contributed by atoms with Gasteiger partial charge in [-0.3, -0.25) is 4.79 Å². The Bertz CT molecular complexity index is 634. The van der Waals surface area contributed by atoms with Crippen molar-refractivity contribution < 1.29 is 14.3 Å². The average molecular weight is 300 g/mol. The molecule has 0 unspecified atom stereocenters. The molecular formula is C17H20N2O3. The maximum atomic E-state index is 11.6. The van der Waals surface area contributed by atoms with Gasteiger partial charge in [-0.25, -0.2) is 4.98 Å². The Kier molecular flexibility index (Phi) is 4.65. The number of aromatic nitrogens is 1. The molecule has 2 N–H and O–H groups in total. The average Bonchev–Trinajstić information content (AvgIpc) is 2.53. The summed E-state index contributed by atoms with van der Waals surface area (Å²) in [6.45, 7) is 3.73. The minimum Gasteiger partial charge on any atom is -0.476 e. The number of anilines is 1. The molecule has 0 bridgehead atoms. The van der Waals surface area contributed by atoms with Gasteiger partial charge >= 0.3 is 5.97 Å². The van der Waals surface area contributed by atoms with Crippen LogP contribution < -0.4 is 10.5 Å². The SMILES string of the molecule is COC(=O)C(C)(C)COc1ccc(-c2ccc(N)cc2)cn1. The fraction of sp³-hybridized carbons (Fsp3) is 0.294. The van der Waals surface area contributed by atoms with Crippen LogP contribution in [0.3, 0.4) is 0 Å². The minimum atomic E-state index is -0.716. The fourth-order valence-corrected chi connectivity index (χ4v) is 1.90. The third-order valence-corrected chi connectivity index (χ3v) is 3.30. The predicted molar refractivity (Wildman–Crippen MR) is 85.4 cm³/mol. The number of nitrogen functional groups attached to an aromatic ring is 1. The van der Waals surface area contributed by atoms with E-state index in [1.807, 2.05) is 30.3 Å². The number of hydrogen-bond donors (Lipinski definition) is 1. The maximum Gasteiger partial charge on any atom is 0.314 e. The Balaban J connectivity index is 2.03. The molecule has 5 heteroatoms. The number of rotatable bonds is 5. The van der Waals surface area contributed by atoms with Crippen molar-refractivity contribution in [2.24, 2.45) is 5.41 Å². The van der Waals surface area contributed by atoms with Crippen molar-refractivity contribution in [1.82, 2.24) is 4.98 Å². The van der Waals surface area contributed by atoms with Crippen LogP contribution in [0.25, 0.3) is 11.1 Å². The fourth-order valence-electron chi connectivity index (χ4n) is 1.90. The van der Waals surface area contributed by atoms with Crippen LogP contribution in [0.4, 0.5) is 5.69 Å². The van der Waals surface area contributed by atoms with Crippen molar-refractivity contribution in [1.29, 1.82) is 0 Å². The topological polar surface area (TPSA) is 74.4 Å². The second-order valence-corrected chi connectivity index (χ2v) is 5.67. The van der Waals surface area contributed by atoms with Crippen LogP contribution in [0.1, 0.15) is 13.8 Å². The maximum absolute atomic E-state index is 11.6. The lowest BCUT2D eigenvalue weighted by molar-refractivity contribution is -0.152. The largest absolute Gasteiger partial charge is 0.476 e. The Labute approximate surface area is 130 Å². The van der Waals surface area contributed by atoms with Crippen molar-refractivity contribution in [3.63, 3.8) is 0 Å². The highest BCUT2D eigenvalue weighted by Crippen LogP contribution is 2.23. The van der Waals surface area contributed by atoms with Crippen molar-refractivity contribution in [3.05, 3.63) is 42.6 Å². The molecular weight excluding hydrogens is 280 g/mol. The number of nitrogens with zero attached hydrogens (tertiary/aromatic N) is 1. The normalized spacial score (nSPS) is 11.0. The standard InChI is InChI=1S/C17H20N2O3/c1-17(2,16(20)21-3)11-22-15-9-6-13(10-19-15)12-4-7-14(18)8-5-12/h4-10H,11,18H2,1-3H3. The molecule has 0 aliphatic carbocycles. The first-order chi connectivity index (χ1) is 10.4. The summed E-state index contributed by atoms with van der Waals surface area (Å²) in [7, 11) is 1.36. The molecule has 116 valence electrons. The molecule has 1 aromatic heterocycles. The number of pyridine rings is 1. The van der Waals surface area contributed by atoms with E-state index in [0.717, 1.165) is 16.8 Å². The van der Waals surface area contributed by atoms with Gasteiger partial charge in [0.15, 0.2) is 0 Å². The molecule has 0 saturated heterocycles. The third kappa shape index (κ3) is 3.75. The molecule has 0 spiro atoms. The van der Waals surface area contributed by atoms with Gasteiger partial charge in [0.2, 0.25) is 5.88 Å². The van der Waals surface area contributed by atoms with Gasteiger partial charge in [-0.15, -0.1) is 0 Å². The highest BCUT2D eigenvalue weighted by Gasteiger charge is 2.29. The van der Waals surface area contributed by atoms with Gasteiger partial charge < -0.3 is 15.2 Å². The van der Waals surface area contributed by atoms with E-state index in [1.54, 1.807) is 26.1 Å². The van der Waals surface area contributed by atoms with E-state index in [9.17, 15) is 4.79 Å². The Hall–Kier alpha value is -2.56. The summed E-state index contributed by atoms with van der Waals surface area (Å²) >= 11 is 0. The van der Waals surface area contributed by atoms with E-state index in [0.29, 0.717) is 5.88 Å². The molecule has 0 saturated carbocycles. The summed E-state index contributed by atoms with van der Waals surface area (Å²) in [6, 6.07) is 11.3. The van der Waals surface area contributed by atoms with Crippen molar-refractivity contribution in [2.75, 3.05) is 19.5 Å². The van der Waals surface area contributed by atoms with Gasteiger partial charge in [0.05, 0.1) is 12.5 Å². The van der Waals surface area contributed by atoms with Crippen LogP contribution in [0.15, 0.2) is 42.6 Å². The van der Waals surface area contributed by atoms with Gasteiger partial charge in [0.25, 0.3) is 0 Å². The first-order valence-electron chi connectivity index (χ1n) is 6.95. The smallest absolute Gasteiger partial charge is 0.314 e. The molecule has 0 atom stereocenters. The molecule has 2 aromatic rings. The van der Waals surface area contributed by atoms with Crippen LogP contribution in [0, 0.1) is 5.41 Å². The molecule has 0 amide bonds. The zero-order chi connectivity index (χ0) is 16.2. The summed E-state index contributed by atoms with van der Waals surface area (Å²) in [6.07, 6.45) is 1.73. The number of nitrogens with two attached hydrogens (primary N) is 1. The highest BCUT2D eigenvalue weighted by molar-refractivity contribution is 5.75. The zero-order valence-electron chi connectivity index (χ0n) is 13.0. The van der Waals surface area contributed by atoms with E-state index in [-0.39, 0.29) is 12.6 Å². The zero-order valence-corrected chi connectivity index (χ0v) is 13.0. The predicted octanol–water partition coefficient (Wildman–Crippen LogP) is 2.91. The van der Waals surface area contributed by atoms with Crippen molar-refractivity contribution in [2.45, 2.75) is 13.8 Å². The van der Waals surface area contributed by atoms with Gasteiger partial charge in [-0.1, -0.05) is 12.1 Å². The van der Waals surface area contributed by atoms with E-state index >= 15 is 0 Å². The number of carbonyl (C=O) groups excluding carboxylic acids is 1. The minimum absolute atomic E-state index is 0.202. The summed E-state index contributed by atoms with van der Waals surface area (Å²) in [4.78, 5) is 15.8. The molecule has 0 aliphatic rings. The number of ether oxygens (including phenoxy) is 2.